The number of amidine groups is 1. The van der Waals surface area contributed by atoms with Gasteiger partial charge < -0.3 is 10.0 Å². The summed E-state index contributed by atoms with van der Waals surface area (Å²) in [5.74, 6) is -0.0640. The van der Waals surface area contributed by atoms with Crippen molar-refractivity contribution in [3.8, 4) is 0 Å². The lowest BCUT2D eigenvalue weighted by Crippen LogP contribution is -2.47. The Morgan fingerprint density at radius 3 is 2.18 bits per heavy atom. The Kier molecular flexibility index (Phi) is 4.98. The van der Waals surface area contributed by atoms with Crippen LogP contribution in [0.5, 0.6) is 0 Å². The number of aliphatic imine (C=N–C) groups is 1. The van der Waals surface area contributed by atoms with Gasteiger partial charge in [-0.1, -0.05) is 31.2 Å². The second kappa shape index (κ2) is 6.87. The van der Waals surface area contributed by atoms with E-state index >= 15 is 0 Å². The minimum atomic E-state index is -4.98. The van der Waals surface area contributed by atoms with Crippen LogP contribution in [-0.2, 0) is 16.4 Å². The van der Waals surface area contributed by atoms with E-state index in [-0.39, 0.29) is 16.4 Å². The molecule has 0 saturated carbocycles. The fraction of sp³-hybridized carbons (Fsp3) is 0.278. The number of sulfonamides is 1. The van der Waals surface area contributed by atoms with Crippen molar-refractivity contribution in [1.82, 2.24) is 0 Å². The fourth-order valence-corrected chi connectivity index (χ4v) is 3.37. The van der Waals surface area contributed by atoms with Crippen molar-refractivity contribution in [1.29, 1.82) is 0 Å². The molecule has 0 amide bonds. The molecule has 0 saturated heterocycles. The molecule has 0 aromatic heterocycles. The Balaban J connectivity index is 2.06. The lowest BCUT2D eigenvalue weighted by molar-refractivity contribution is -0.249. The van der Waals surface area contributed by atoms with E-state index in [1.54, 1.807) is 24.3 Å². The second-order valence-corrected chi connectivity index (χ2v) is 7.99. The second-order valence-electron chi connectivity index (χ2n) is 6.43. The first-order valence-corrected chi connectivity index (χ1v) is 9.88. The maximum absolute atomic E-state index is 13.4. The number of β-amino-alcohol motifs (C(OH)–C–C–N with tert-alkyl or cyclic N) is 1. The van der Waals surface area contributed by atoms with Gasteiger partial charge in [-0.05, 0) is 36.2 Å². The molecule has 2 aromatic carbocycles. The smallest absolute Gasteiger partial charge is 0.361 e. The lowest BCUT2D eigenvalue weighted by atomic mass is 10.1. The summed E-state index contributed by atoms with van der Waals surface area (Å²) in [7, 11) is -3.94. The van der Waals surface area contributed by atoms with E-state index in [2.05, 4.69) is 4.99 Å². The molecular formula is C18H18F3N3O3S. The Labute approximate surface area is 160 Å². The summed E-state index contributed by atoms with van der Waals surface area (Å²) < 4.78 is 62.9. The Bertz CT molecular complexity index is 1000. The monoisotopic (exact) mass is 413 g/mol. The van der Waals surface area contributed by atoms with Gasteiger partial charge in [-0.25, -0.2) is 18.5 Å². The van der Waals surface area contributed by atoms with Gasteiger partial charge in [0.1, 0.15) is 5.84 Å². The molecule has 3 N–H and O–H groups in total. The molecule has 1 atom stereocenters. The summed E-state index contributed by atoms with van der Waals surface area (Å²) in [6.45, 7) is 1.10. The van der Waals surface area contributed by atoms with Gasteiger partial charge in [-0.2, -0.15) is 13.2 Å². The maximum Gasteiger partial charge on any atom is 0.440 e. The molecule has 6 nitrogen and oxygen atoms in total. The van der Waals surface area contributed by atoms with Crippen LogP contribution in [0.2, 0.25) is 0 Å². The van der Waals surface area contributed by atoms with Gasteiger partial charge in [0.05, 0.1) is 11.4 Å². The summed E-state index contributed by atoms with van der Waals surface area (Å²) in [6.07, 6.45) is -4.21. The molecule has 0 radical (unpaired) electrons. The van der Waals surface area contributed by atoms with Gasteiger partial charge in [0.25, 0.3) is 5.72 Å². The van der Waals surface area contributed by atoms with E-state index in [4.69, 9.17) is 5.14 Å². The predicted octanol–water partition coefficient (Wildman–Crippen LogP) is 2.41. The third-order valence-corrected chi connectivity index (χ3v) is 5.41. The van der Waals surface area contributed by atoms with Crippen LogP contribution in [0.4, 0.5) is 18.9 Å². The zero-order valence-electron chi connectivity index (χ0n) is 14.8. The quantitative estimate of drug-likeness (QED) is 0.805. The fourth-order valence-electron chi connectivity index (χ4n) is 2.86. The number of hydrogen-bond acceptors (Lipinski definition) is 5. The number of nitrogens with two attached hydrogens (primary N) is 1. The van der Waals surface area contributed by atoms with Gasteiger partial charge in [-0.15, -0.1) is 0 Å². The predicted molar refractivity (Wildman–Crippen MR) is 98.5 cm³/mol. The molecule has 0 bridgehead atoms. The first-order valence-electron chi connectivity index (χ1n) is 8.33. The standard InChI is InChI=1S/C18H18F3N3O3S/c1-2-12-3-5-13(6-4-12)16-23-17(25,18(19,20)21)11-24(16)14-7-9-15(10-8-14)28(22,26)27/h3-10,25H,2,11H2,1H3,(H2,22,26,27). The van der Waals surface area contributed by atoms with Crippen molar-refractivity contribution in [2.75, 3.05) is 11.4 Å². The summed E-state index contributed by atoms with van der Waals surface area (Å²) in [6, 6.07) is 11.8. The van der Waals surface area contributed by atoms with Crippen LogP contribution in [0.15, 0.2) is 58.4 Å². The van der Waals surface area contributed by atoms with Crippen LogP contribution in [0.3, 0.4) is 0 Å². The highest BCUT2D eigenvalue weighted by molar-refractivity contribution is 7.89. The molecule has 3 rings (SSSR count). The van der Waals surface area contributed by atoms with Gasteiger partial charge >= 0.3 is 6.18 Å². The average Bonchev–Trinajstić information content (AvgIpc) is 3.00. The highest BCUT2D eigenvalue weighted by atomic mass is 32.2. The van der Waals surface area contributed by atoms with Gasteiger partial charge in [0.2, 0.25) is 10.0 Å². The van der Waals surface area contributed by atoms with Crippen LogP contribution >= 0.6 is 0 Å². The number of nitrogens with zero attached hydrogens (tertiary/aromatic N) is 2. The minimum Gasteiger partial charge on any atom is -0.361 e. The maximum atomic E-state index is 13.4. The van der Waals surface area contributed by atoms with Crippen LogP contribution in [0, 0.1) is 0 Å². The van der Waals surface area contributed by atoms with Gasteiger partial charge in [0, 0.05) is 11.3 Å². The number of halogens is 3. The molecule has 0 aliphatic carbocycles. The lowest BCUT2D eigenvalue weighted by Gasteiger charge is -2.25. The Morgan fingerprint density at radius 1 is 1.14 bits per heavy atom. The number of anilines is 1. The Morgan fingerprint density at radius 2 is 1.71 bits per heavy atom. The van der Waals surface area contributed by atoms with E-state index in [0.29, 0.717) is 5.56 Å². The SMILES string of the molecule is CCc1ccc(C2=NC(O)(C(F)(F)F)CN2c2ccc(S(N)(=O)=O)cc2)cc1. The molecular weight excluding hydrogens is 395 g/mol. The molecule has 2 aromatic rings. The van der Waals surface area contributed by atoms with Crippen molar-refractivity contribution < 1.29 is 26.7 Å². The summed E-state index contributed by atoms with van der Waals surface area (Å²) in [4.78, 5) is 4.60. The topological polar surface area (TPSA) is 96.0 Å². The highest BCUT2D eigenvalue weighted by Gasteiger charge is 2.58. The number of hydrogen-bond donors (Lipinski definition) is 2. The third kappa shape index (κ3) is 3.75. The zero-order chi connectivity index (χ0) is 20.7. The summed E-state index contributed by atoms with van der Waals surface area (Å²) >= 11 is 0. The summed E-state index contributed by atoms with van der Waals surface area (Å²) in [5, 5.41) is 15.2. The molecule has 0 spiro atoms. The van der Waals surface area contributed by atoms with Crippen LogP contribution in [-0.4, -0.2) is 37.8 Å². The molecule has 1 heterocycles. The van der Waals surface area contributed by atoms with Crippen molar-refractivity contribution in [2.24, 2.45) is 10.1 Å². The largest absolute Gasteiger partial charge is 0.440 e. The van der Waals surface area contributed by atoms with E-state index in [1.165, 1.54) is 29.2 Å². The van der Waals surface area contributed by atoms with Crippen LogP contribution < -0.4 is 10.0 Å². The number of primary sulfonamides is 1. The van der Waals surface area contributed by atoms with Crippen molar-refractivity contribution in [3.63, 3.8) is 0 Å². The number of aryl methyl sites for hydroxylation is 1. The minimum absolute atomic E-state index is 0.0640. The normalized spacial score (nSPS) is 20.4. The van der Waals surface area contributed by atoms with Crippen LogP contribution in [0.25, 0.3) is 0 Å². The van der Waals surface area contributed by atoms with E-state index in [9.17, 15) is 26.7 Å². The number of aliphatic hydroxyl groups is 1. The molecule has 0 fully saturated rings. The molecule has 1 aliphatic heterocycles. The molecule has 1 aliphatic rings. The summed E-state index contributed by atoms with van der Waals surface area (Å²) in [5.41, 5.74) is -1.64. The zero-order valence-corrected chi connectivity index (χ0v) is 15.6. The van der Waals surface area contributed by atoms with Crippen LogP contribution in [0.1, 0.15) is 18.1 Å². The molecule has 1 unspecified atom stereocenters. The van der Waals surface area contributed by atoms with Crippen molar-refractivity contribution >= 4 is 21.5 Å². The van der Waals surface area contributed by atoms with E-state index in [0.717, 1.165) is 12.0 Å². The molecule has 28 heavy (non-hydrogen) atoms. The third-order valence-electron chi connectivity index (χ3n) is 4.48. The van der Waals surface area contributed by atoms with Gasteiger partial charge in [0.15, 0.2) is 0 Å². The number of benzene rings is 2. The van der Waals surface area contributed by atoms with Gasteiger partial charge in [-0.3, -0.25) is 0 Å². The number of alkyl halides is 3. The number of rotatable bonds is 4. The molecule has 10 heteroatoms. The van der Waals surface area contributed by atoms with E-state index in [1.807, 2.05) is 6.92 Å². The first kappa shape index (κ1) is 20.3. The highest BCUT2D eigenvalue weighted by Crippen LogP contribution is 2.39. The first-order chi connectivity index (χ1) is 12.9. The van der Waals surface area contributed by atoms with Crippen molar-refractivity contribution in [2.45, 2.75) is 30.1 Å². The molecule has 150 valence electrons. The van der Waals surface area contributed by atoms with E-state index < -0.39 is 28.5 Å². The Hall–Kier alpha value is -2.43. The van der Waals surface area contributed by atoms with Crippen molar-refractivity contribution in [3.05, 3.63) is 59.7 Å². The average molecular weight is 413 g/mol.